The first-order valence-corrected chi connectivity index (χ1v) is 7.51. The molecule has 0 aromatic rings. The van der Waals surface area contributed by atoms with E-state index in [4.69, 9.17) is 0 Å². The highest BCUT2D eigenvalue weighted by atomic mass is 16.2. The minimum absolute atomic E-state index is 0.0254. The van der Waals surface area contributed by atoms with Crippen LogP contribution in [0.25, 0.3) is 0 Å². The summed E-state index contributed by atoms with van der Waals surface area (Å²) in [5.74, 6) is 0.613. The summed E-state index contributed by atoms with van der Waals surface area (Å²) in [7, 11) is 0. The lowest BCUT2D eigenvalue weighted by Crippen LogP contribution is -2.59. The summed E-state index contributed by atoms with van der Waals surface area (Å²) >= 11 is 0. The van der Waals surface area contributed by atoms with Crippen LogP contribution in [0.3, 0.4) is 0 Å². The van der Waals surface area contributed by atoms with E-state index >= 15 is 0 Å². The Morgan fingerprint density at radius 1 is 1.37 bits per heavy atom. The molecule has 2 atom stereocenters. The maximum atomic E-state index is 12.2. The molecular formula is C14H25N3O2. The summed E-state index contributed by atoms with van der Waals surface area (Å²) in [6, 6.07) is 0.00238. The van der Waals surface area contributed by atoms with Gasteiger partial charge in [-0.2, -0.15) is 0 Å². The van der Waals surface area contributed by atoms with E-state index in [1.807, 2.05) is 0 Å². The normalized spacial score (nSPS) is 26.6. The molecule has 19 heavy (non-hydrogen) atoms. The zero-order valence-corrected chi connectivity index (χ0v) is 11.7. The molecule has 1 aliphatic heterocycles. The Hall–Kier alpha value is -1.10. The number of carbonyl (C=O) groups is 2. The molecular weight excluding hydrogens is 242 g/mol. The summed E-state index contributed by atoms with van der Waals surface area (Å²) in [5.41, 5.74) is 0. The van der Waals surface area contributed by atoms with Crippen LogP contribution in [0.4, 0.5) is 0 Å². The molecule has 2 fully saturated rings. The molecule has 0 bridgehead atoms. The van der Waals surface area contributed by atoms with Gasteiger partial charge >= 0.3 is 0 Å². The molecule has 0 aromatic heterocycles. The van der Waals surface area contributed by atoms with Crippen LogP contribution in [0, 0.1) is 5.92 Å². The summed E-state index contributed by atoms with van der Waals surface area (Å²) in [6.07, 6.45) is 7.34. The molecule has 1 saturated carbocycles. The fourth-order valence-corrected chi connectivity index (χ4v) is 3.12. The van der Waals surface area contributed by atoms with E-state index in [0.29, 0.717) is 12.5 Å². The van der Waals surface area contributed by atoms with Crippen LogP contribution in [-0.2, 0) is 9.59 Å². The second-order valence-electron chi connectivity index (χ2n) is 5.66. The third kappa shape index (κ3) is 3.93. The minimum atomic E-state index is -0.282. The third-order valence-corrected chi connectivity index (χ3v) is 4.32. The first kappa shape index (κ1) is 14.3. The SMILES string of the molecule is CCC(NC(=O)C1CNC(=O)CN1)C1CCCCC1. The number of carbonyl (C=O) groups excluding carboxylic acids is 2. The Bertz CT molecular complexity index is 317. The maximum absolute atomic E-state index is 12.2. The molecule has 5 nitrogen and oxygen atoms in total. The van der Waals surface area contributed by atoms with Crippen molar-refractivity contribution in [2.45, 2.75) is 57.5 Å². The van der Waals surface area contributed by atoms with Gasteiger partial charge in [0.15, 0.2) is 0 Å². The number of hydrogen-bond acceptors (Lipinski definition) is 3. The molecule has 1 aliphatic carbocycles. The predicted octanol–water partition coefficient (Wildman–Crippen LogP) is 0.550. The molecule has 2 rings (SSSR count). The van der Waals surface area contributed by atoms with Crippen molar-refractivity contribution in [2.75, 3.05) is 13.1 Å². The quantitative estimate of drug-likeness (QED) is 0.696. The van der Waals surface area contributed by atoms with Crippen molar-refractivity contribution in [3.05, 3.63) is 0 Å². The van der Waals surface area contributed by atoms with Crippen molar-refractivity contribution >= 4 is 11.8 Å². The van der Waals surface area contributed by atoms with E-state index in [0.717, 1.165) is 6.42 Å². The zero-order chi connectivity index (χ0) is 13.7. The lowest BCUT2D eigenvalue weighted by atomic mass is 9.83. The number of hydrogen-bond donors (Lipinski definition) is 3. The van der Waals surface area contributed by atoms with Gasteiger partial charge in [-0.15, -0.1) is 0 Å². The van der Waals surface area contributed by atoms with Crippen LogP contribution in [-0.4, -0.2) is 37.0 Å². The summed E-state index contributed by atoms with van der Waals surface area (Å²) in [5, 5.41) is 8.87. The molecule has 2 amide bonds. The van der Waals surface area contributed by atoms with Gasteiger partial charge in [-0.25, -0.2) is 0 Å². The van der Waals surface area contributed by atoms with Crippen molar-refractivity contribution < 1.29 is 9.59 Å². The molecule has 0 radical (unpaired) electrons. The van der Waals surface area contributed by atoms with E-state index in [9.17, 15) is 9.59 Å². The van der Waals surface area contributed by atoms with Crippen LogP contribution >= 0.6 is 0 Å². The summed E-state index contributed by atoms with van der Waals surface area (Å²) in [4.78, 5) is 23.2. The van der Waals surface area contributed by atoms with Gasteiger partial charge in [0.2, 0.25) is 11.8 Å². The van der Waals surface area contributed by atoms with Gasteiger partial charge in [-0.05, 0) is 25.2 Å². The van der Waals surface area contributed by atoms with Crippen LogP contribution in [0.5, 0.6) is 0 Å². The number of rotatable bonds is 4. The monoisotopic (exact) mass is 267 g/mol. The Kier molecular flexibility index (Phi) is 5.19. The van der Waals surface area contributed by atoms with Crippen molar-refractivity contribution in [1.82, 2.24) is 16.0 Å². The highest BCUT2D eigenvalue weighted by molar-refractivity contribution is 5.86. The number of piperazine rings is 1. The van der Waals surface area contributed by atoms with Gasteiger partial charge < -0.3 is 10.6 Å². The molecule has 0 spiro atoms. The standard InChI is InChI=1S/C14H25N3O2/c1-2-11(10-6-4-3-5-7-10)17-14(19)12-8-16-13(18)9-15-12/h10-12,15H,2-9H2,1H3,(H,16,18)(H,17,19). The van der Waals surface area contributed by atoms with Gasteiger partial charge in [0.1, 0.15) is 6.04 Å². The van der Waals surface area contributed by atoms with Crippen LogP contribution < -0.4 is 16.0 Å². The minimum Gasteiger partial charge on any atom is -0.353 e. The van der Waals surface area contributed by atoms with Crippen molar-refractivity contribution in [3.8, 4) is 0 Å². The first-order chi connectivity index (χ1) is 9.20. The molecule has 2 aliphatic rings. The highest BCUT2D eigenvalue weighted by Gasteiger charge is 2.28. The zero-order valence-electron chi connectivity index (χ0n) is 11.7. The second-order valence-corrected chi connectivity index (χ2v) is 5.66. The Labute approximate surface area is 114 Å². The number of amides is 2. The second kappa shape index (κ2) is 6.89. The Morgan fingerprint density at radius 3 is 2.68 bits per heavy atom. The molecule has 5 heteroatoms. The average molecular weight is 267 g/mol. The van der Waals surface area contributed by atoms with E-state index in [-0.39, 0.29) is 30.4 Å². The topological polar surface area (TPSA) is 70.2 Å². The van der Waals surface area contributed by atoms with Gasteiger partial charge in [0.25, 0.3) is 0 Å². The van der Waals surface area contributed by atoms with E-state index in [1.54, 1.807) is 0 Å². The summed E-state index contributed by atoms with van der Waals surface area (Å²) < 4.78 is 0. The smallest absolute Gasteiger partial charge is 0.239 e. The first-order valence-electron chi connectivity index (χ1n) is 7.51. The average Bonchev–Trinajstić information content (AvgIpc) is 2.46. The van der Waals surface area contributed by atoms with Crippen LogP contribution in [0.1, 0.15) is 45.4 Å². The van der Waals surface area contributed by atoms with E-state index in [1.165, 1.54) is 32.1 Å². The molecule has 2 unspecified atom stereocenters. The number of nitrogens with one attached hydrogen (secondary N) is 3. The third-order valence-electron chi connectivity index (χ3n) is 4.32. The predicted molar refractivity (Wildman–Crippen MR) is 73.6 cm³/mol. The summed E-state index contributed by atoms with van der Waals surface area (Å²) in [6.45, 7) is 2.76. The Morgan fingerprint density at radius 2 is 2.11 bits per heavy atom. The largest absolute Gasteiger partial charge is 0.353 e. The molecule has 1 saturated heterocycles. The molecule has 3 N–H and O–H groups in total. The van der Waals surface area contributed by atoms with Gasteiger partial charge in [-0.1, -0.05) is 26.2 Å². The van der Waals surface area contributed by atoms with Crippen molar-refractivity contribution in [2.24, 2.45) is 5.92 Å². The van der Waals surface area contributed by atoms with Gasteiger partial charge in [0.05, 0.1) is 6.54 Å². The van der Waals surface area contributed by atoms with E-state index in [2.05, 4.69) is 22.9 Å². The van der Waals surface area contributed by atoms with Crippen LogP contribution in [0.2, 0.25) is 0 Å². The lowest BCUT2D eigenvalue weighted by molar-refractivity contribution is -0.127. The van der Waals surface area contributed by atoms with Crippen molar-refractivity contribution in [1.29, 1.82) is 0 Å². The molecule has 0 aromatic carbocycles. The molecule has 1 heterocycles. The van der Waals surface area contributed by atoms with Gasteiger partial charge in [0, 0.05) is 12.6 Å². The lowest BCUT2D eigenvalue weighted by Gasteiger charge is -2.32. The molecule has 108 valence electrons. The highest BCUT2D eigenvalue weighted by Crippen LogP contribution is 2.27. The maximum Gasteiger partial charge on any atom is 0.239 e. The van der Waals surface area contributed by atoms with E-state index < -0.39 is 0 Å². The fourth-order valence-electron chi connectivity index (χ4n) is 3.12. The van der Waals surface area contributed by atoms with Crippen molar-refractivity contribution in [3.63, 3.8) is 0 Å². The van der Waals surface area contributed by atoms with Crippen LogP contribution in [0.15, 0.2) is 0 Å². The van der Waals surface area contributed by atoms with Gasteiger partial charge in [-0.3, -0.25) is 14.9 Å². The fraction of sp³-hybridized carbons (Fsp3) is 0.857. The Balaban J connectivity index is 1.83.